The fourth-order valence-corrected chi connectivity index (χ4v) is 3.48. The molecule has 0 aliphatic carbocycles. The first-order valence-electron chi connectivity index (χ1n) is 10.1. The maximum atomic E-state index is 13.0. The molecule has 1 aliphatic heterocycles. The number of anilines is 1. The number of carbonyl (C=O) groups is 2. The van der Waals surface area contributed by atoms with Crippen molar-refractivity contribution in [3.63, 3.8) is 0 Å². The van der Waals surface area contributed by atoms with Crippen molar-refractivity contribution in [3.05, 3.63) is 59.7 Å². The molecule has 1 fully saturated rings. The second kappa shape index (κ2) is 10.1. The molecule has 1 heterocycles. The van der Waals surface area contributed by atoms with Gasteiger partial charge in [0, 0.05) is 50.4 Å². The minimum atomic E-state index is -0.0569. The number of ether oxygens (including phenoxy) is 1. The van der Waals surface area contributed by atoms with Gasteiger partial charge < -0.3 is 15.0 Å². The first kappa shape index (κ1) is 20.9. The van der Waals surface area contributed by atoms with Crippen LogP contribution >= 0.6 is 0 Å². The van der Waals surface area contributed by atoms with E-state index in [2.05, 4.69) is 22.3 Å². The van der Waals surface area contributed by atoms with Crippen LogP contribution in [-0.2, 0) is 11.3 Å². The van der Waals surface area contributed by atoms with Crippen molar-refractivity contribution in [2.45, 2.75) is 26.3 Å². The number of benzene rings is 2. The number of rotatable bonds is 6. The Morgan fingerprint density at radius 1 is 1.03 bits per heavy atom. The number of amides is 2. The number of hydrogen-bond donors (Lipinski definition) is 1. The van der Waals surface area contributed by atoms with Crippen molar-refractivity contribution in [1.82, 2.24) is 9.80 Å². The topological polar surface area (TPSA) is 61.9 Å². The molecule has 29 heavy (non-hydrogen) atoms. The van der Waals surface area contributed by atoms with Crippen molar-refractivity contribution in [1.29, 1.82) is 0 Å². The molecule has 2 amide bonds. The van der Waals surface area contributed by atoms with E-state index in [-0.39, 0.29) is 11.8 Å². The molecule has 0 unspecified atom stereocenters. The minimum absolute atomic E-state index is 0.0175. The highest BCUT2D eigenvalue weighted by molar-refractivity contribution is 5.97. The Labute approximate surface area is 172 Å². The molecule has 1 saturated heterocycles. The Morgan fingerprint density at radius 2 is 1.83 bits per heavy atom. The Balaban J connectivity index is 1.59. The van der Waals surface area contributed by atoms with Gasteiger partial charge in [-0.2, -0.15) is 0 Å². The van der Waals surface area contributed by atoms with E-state index in [9.17, 15) is 9.59 Å². The van der Waals surface area contributed by atoms with Crippen LogP contribution in [0.4, 0.5) is 5.69 Å². The third-order valence-corrected chi connectivity index (χ3v) is 5.16. The van der Waals surface area contributed by atoms with Crippen LogP contribution in [0.1, 0.15) is 35.7 Å². The molecule has 6 heteroatoms. The zero-order chi connectivity index (χ0) is 20.6. The lowest BCUT2D eigenvalue weighted by Crippen LogP contribution is -2.35. The summed E-state index contributed by atoms with van der Waals surface area (Å²) in [6.45, 7) is 5.90. The summed E-state index contributed by atoms with van der Waals surface area (Å²) < 4.78 is 5.22. The number of nitrogens with zero attached hydrogens (tertiary/aromatic N) is 2. The molecule has 0 saturated carbocycles. The van der Waals surface area contributed by atoms with E-state index in [0.29, 0.717) is 24.2 Å². The second-order valence-corrected chi connectivity index (χ2v) is 7.25. The second-order valence-electron chi connectivity index (χ2n) is 7.25. The Morgan fingerprint density at radius 3 is 2.55 bits per heavy atom. The van der Waals surface area contributed by atoms with Crippen molar-refractivity contribution < 1.29 is 14.3 Å². The summed E-state index contributed by atoms with van der Waals surface area (Å²) in [6.07, 6.45) is 1.35. The molecule has 2 aromatic carbocycles. The highest BCUT2D eigenvalue weighted by Gasteiger charge is 2.20. The van der Waals surface area contributed by atoms with E-state index < -0.39 is 0 Å². The number of carbonyl (C=O) groups excluding carboxylic acids is 2. The van der Waals surface area contributed by atoms with E-state index in [1.807, 2.05) is 35.2 Å². The first-order chi connectivity index (χ1) is 14.1. The van der Waals surface area contributed by atoms with Crippen LogP contribution in [-0.4, -0.2) is 54.9 Å². The number of hydrogen-bond acceptors (Lipinski definition) is 4. The van der Waals surface area contributed by atoms with Gasteiger partial charge in [-0.15, -0.1) is 0 Å². The van der Waals surface area contributed by atoms with Gasteiger partial charge in [-0.1, -0.05) is 25.1 Å². The van der Waals surface area contributed by atoms with Gasteiger partial charge in [0.25, 0.3) is 5.91 Å². The van der Waals surface area contributed by atoms with Gasteiger partial charge in [0.1, 0.15) is 5.75 Å². The third kappa shape index (κ3) is 5.81. The van der Waals surface area contributed by atoms with Crippen LogP contribution in [0.3, 0.4) is 0 Å². The first-order valence-corrected chi connectivity index (χ1v) is 10.1. The molecule has 0 atom stereocenters. The Kier molecular flexibility index (Phi) is 7.25. The number of nitrogens with one attached hydrogen (secondary N) is 1. The van der Waals surface area contributed by atoms with E-state index >= 15 is 0 Å². The maximum absolute atomic E-state index is 13.0. The standard InChI is InChI=1S/C23H29N3O3/c1-3-22(27)24-20-7-4-6-19(16-20)23(28)26-13-5-12-25(14-15-26)17-18-8-10-21(29-2)11-9-18/h4,6-11,16H,3,5,12-15,17H2,1-2H3,(H,24,27). The Bertz CT molecular complexity index is 836. The van der Waals surface area contributed by atoms with Crippen LogP contribution in [0.5, 0.6) is 5.75 Å². The van der Waals surface area contributed by atoms with Gasteiger partial charge in [0.05, 0.1) is 7.11 Å². The van der Waals surface area contributed by atoms with Gasteiger partial charge >= 0.3 is 0 Å². The summed E-state index contributed by atoms with van der Waals surface area (Å²) >= 11 is 0. The summed E-state index contributed by atoms with van der Waals surface area (Å²) in [7, 11) is 1.67. The molecule has 3 rings (SSSR count). The van der Waals surface area contributed by atoms with Gasteiger partial charge in [-0.25, -0.2) is 0 Å². The third-order valence-electron chi connectivity index (χ3n) is 5.16. The van der Waals surface area contributed by atoms with Gasteiger partial charge in [0.2, 0.25) is 5.91 Å². The molecule has 1 aliphatic rings. The predicted molar refractivity (Wildman–Crippen MR) is 114 cm³/mol. The lowest BCUT2D eigenvalue weighted by Gasteiger charge is -2.22. The molecule has 0 spiro atoms. The molecule has 0 aromatic heterocycles. The fourth-order valence-electron chi connectivity index (χ4n) is 3.48. The molecular formula is C23H29N3O3. The maximum Gasteiger partial charge on any atom is 0.253 e. The fraction of sp³-hybridized carbons (Fsp3) is 0.391. The average molecular weight is 396 g/mol. The van der Waals surface area contributed by atoms with E-state index in [0.717, 1.165) is 38.3 Å². The van der Waals surface area contributed by atoms with Crippen LogP contribution in [0.15, 0.2) is 48.5 Å². The highest BCUT2D eigenvalue weighted by Crippen LogP contribution is 2.17. The summed E-state index contributed by atoms with van der Waals surface area (Å²) in [5.74, 6) is 0.821. The lowest BCUT2D eigenvalue weighted by molar-refractivity contribution is -0.115. The zero-order valence-corrected chi connectivity index (χ0v) is 17.2. The zero-order valence-electron chi connectivity index (χ0n) is 17.2. The summed E-state index contributed by atoms with van der Waals surface area (Å²) in [5, 5.41) is 2.82. The SMILES string of the molecule is CCC(=O)Nc1cccc(C(=O)N2CCCN(Cc3ccc(OC)cc3)CC2)c1. The quantitative estimate of drug-likeness (QED) is 0.814. The minimum Gasteiger partial charge on any atom is -0.497 e. The van der Waals surface area contributed by atoms with Gasteiger partial charge in [-0.05, 0) is 42.3 Å². The van der Waals surface area contributed by atoms with E-state index in [1.165, 1.54) is 5.56 Å². The lowest BCUT2D eigenvalue weighted by atomic mass is 10.1. The molecule has 0 radical (unpaired) electrons. The average Bonchev–Trinajstić information content (AvgIpc) is 2.99. The molecular weight excluding hydrogens is 366 g/mol. The summed E-state index contributed by atoms with van der Waals surface area (Å²) in [4.78, 5) is 28.9. The van der Waals surface area contributed by atoms with Crippen LogP contribution in [0, 0.1) is 0 Å². The molecule has 2 aromatic rings. The van der Waals surface area contributed by atoms with E-state index in [1.54, 1.807) is 20.1 Å². The van der Waals surface area contributed by atoms with Crippen molar-refractivity contribution in [2.75, 3.05) is 38.6 Å². The summed E-state index contributed by atoms with van der Waals surface area (Å²) in [6, 6.07) is 15.3. The normalized spacial score (nSPS) is 14.9. The molecule has 154 valence electrons. The number of methoxy groups -OCH3 is 1. The van der Waals surface area contributed by atoms with Crippen LogP contribution in [0.25, 0.3) is 0 Å². The highest BCUT2D eigenvalue weighted by atomic mass is 16.5. The van der Waals surface area contributed by atoms with Crippen molar-refractivity contribution >= 4 is 17.5 Å². The van der Waals surface area contributed by atoms with Gasteiger partial charge in [-0.3, -0.25) is 14.5 Å². The van der Waals surface area contributed by atoms with E-state index in [4.69, 9.17) is 4.74 Å². The van der Waals surface area contributed by atoms with Gasteiger partial charge in [0.15, 0.2) is 0 Å². The predicted octanol–water partition coefficient (Wildman–Crippen LogP) is 3.39. The largest absolute Gasteiger partial charge is 0.497 e. The Hall–Kier alpha value is -2.86. The van der Waals surface area contributed by atoms with Crippen LogP contribution < -0.4 is 10.1 Å². The molecule has 6 nitrogen and oxygen atoms in total. The summed E-state index contributed by atoms with van der Waals surface area (Å²) in [5.41, 5.74) is 2.52. The molecule has 1 N–H and O–H groups in total. The van der Waals surface area contributed by atoms with Crippen molar-refractivity contribution in [2.24, 2.45) is 0 Å². The van der Waals surface area contributed by atoms with Crippen molar-refractivity contribution in [3.8, 4) is 5.75 Å². The monoisotopic (exact) mass is 395 g/mol. The molecule has 0 bridgehead atoms. The van der Waals surface area contributed by atoms with Crippen LogP contribution in [0.2, 0.25) is 0 Å². The smallest absolute Gasteiger partial charge is 0.253 e.